The molecule has 0 radical (unpaired) electrons. The van der Waals surface area contributed by atoms with Gasteiger partial charge in [0.2, 0.25) is 0 Å². The van der Waals surface area contributed by atoms with E-state index in [9.17, 15) is 9.59 Å². The molecule has 0 atom stereocenters. The number of rotatable bonds is 6. The lowest BCUT2D eigenvalue weighted by Crippen LogP contribution is -2.03. The Kier molecular flexibility index (Phi) is 6.32. The van der Waals surface area contributed by atoms with Gasteiger partial charge in [0, 0.05) is 21.6 Å². The second-order valence-electron chi connectivity index (χ2n) is 7.55. The van der Waals surface area contributed by atoms with Crippen LogP contribution in [0.5, 0.6) is 0 Å². The van der Waals surface area contributed by atoms with E-state index in [1.54, 1.807) is 48.6 Å². The lowest BCUT2D eigenvalue weighted by atomic mass is 9.97. The fourth-order valence-corrected chi connectivity index (χ4v) is 4.25. The molecule has 0 amide bonds. The van der Waals surface area contributed by atoms with Crippen molar-refractivity contribution in [2.45, 2.75) is 41.0 Å². The van der Waals surface area contributed by atoms with Gasteiger partial charge in [-0.15, -0.1) is 11.3 Å². The summed E-state index contributed by atoms with van der Waals surface area (Å²) >= 11 is 1.56. The number of aromatic nitrogens is 1. The van der Waals surface area contributed by atoms with Gasteiger partial charge in [0.25, 0.3) is 0 Å². The average molecular weight is 420 g/mol. The highest BCUT2D eigenvalue weighted by molar-refractivity contribution is 7.12. The van der Waals surface area contributed by atoms with Gasteiger partial charge >= 0.3 is 5.97 Å². The normalized spacial score (nSPS) is 11.6. The first kappa shape index (κ1) is 21.7. The number of hydrogen-bond donors (Lipinski definition) is 1. The second-order valence-corrected chi connectivity index (χ2v) is 8.83. The summed E-state index contributed by atoms with van der Waals surface area (Å²) in [6.07, 6.45) is 1.83. The fraction of sp³-hybridized carbons (Fsp3) is 0.240. The number of thiazole rings is 1. The van der Waals surface area contributed by atoms with Crippen molar-refractivity contribution in [3.8, 4) is 11.3 Å². The number of hydrogen-bond acceptors (Lipinski definition) is 4. The highest BCUT2D eigenvalue weighted by Gasteiger charge is 2.16. The number of Topliss-reactive ketones (excluding diaryl/α,β-unsaturated/α-hetero) is 1. The number of carbonyl (C=O) groups is 2. The summed E-state index contributed by atoms with van der Waals surface area (Å²) in [7, 11) is 0. The van der Waals surface area contributed by atoms with Gasteiger partial charge in [-0.05, 0) is 62.9 Å². The summed E-state index contributed by atoms with van der Waals surface area (Å²) < 4.78 is 0. The molecular weight excluding hydrogens is 394 g/mol. The van der Waals surface area contributed by atoms with Gasteiger partial charge in [0.1, 0.15) is 5.01 Å². The van der Waals surface area contributed by atoms with Crippen molar-refractivity contribution in [1.29, 1.82) is 0 Å². The van der Waals surface area contributed by atoms with E-state index in [0.29, 0.717) is 5.56 Å². The zero-order chi connectivity index (χ0) is 22.0. The third-order valence-corrected chi connectivity index (χ3v) is 6.39. The van der Waals surface area contributed by atoms with Gasteiger partial charge in [-0.25, -0.2) is 9.78 Å². The molecule has 2 aromatic carbocycles. The van der Waals surface area contributed by atoms with Crippen molar-refractivity contribution >= 4 is 29.2 Å². The summed E-state index contributed by atoms with van der Waals surface area (Å²) in [6.45, 7) is 9.93. The number of carbonyl (C=O) groups excluding carboxylic acids is 1. The van der Waals surface area contributed by atoms with E-state index < -0.39 is 5.97 Å². The number of ketones is 1. The molecule has 30 heavy (non-hydrogen) atoms. The fourth-order valence-electron chi connectivity index (χ4n) is 3.31. The topological polar surface area (TPSA) is 67.3 Å². The van der Waals surface area contributed by atoms with Crippen LogP contribution in [0.4, 0.5) is 0 Å². The quantitative estimate of drug-likeness (QED) is 0.396. The third kappa shape index (κ3) is 4.57. The van der Waals surface area contributed by atoms with Gasteiger partial charge in [-0.3, -0.25) is 4.79 Å². The molecule has 3 rings (SSSR count). The highest BCUT2D eigenvalue weighted by atomic mass is 32.1. The van der Waals surface area contributed by atoms with Crippen molar-refractivity contribution < 1.29 is 14.7 Å². The first-order valence-corrected chi connectivity index (χ1v) is 10.6. The molecule has 0 aliphatic carbocycles. The van der Waals surface area contributed by atoms with Crippen molar-refractivity contribution in [2.24, 2.45) is 0 Å². The van der Waals surface area contributed by atoms with Crippen LogP contribution in [-0.4, -0.2) is 21.8 Å². The number of carboxylic acid groups (broad SMARTS) is 1. The monoisotopic (exact) mass is 419 g/mol. The molecule has 0 aliphatic rings. The van der Waals surface area contributed by atoms with Crippen LogP contribution in [0.25, 0.3) is 17.3 Å². The second kappa shape index (κ2) is 8.76. The molecular formula is C25H25NO3S. The molecule has 0 saturated heterocycles. The molecule has 1 aromatic heterocycles. The van der Waals surface area contributed by atoms with Gasteiger partial charge in [-0.1, -0.05) is 36.4 Å². The minimum Gasteiger partial charge on any atom is -0.478 e. The molecule has 0 unspecified atom stereocenters. The van der Waals surface area contributed by atoms with Crippen LogP contribution in [0.2, 0.25) is 0 Å². The van der Waals surface area contributed by atoms with Crippen LogP contribution in [0.3, 0.4) is 0 Å². The summed E-state index contributed by atoms with van der Waals surface area (Å²) in [5.74, 6) is -0.957. The average Bonchev–Trinajstić information content (AvgIpc) is 3.06. The van der Waals surface area contributed by atoms with Gasteiger partial charge in [0.15, 0.2) is 5.78 Å². The van der Waals surface area contributed by atoms with E-state index >= 15 is 0 Å². The van der Waals surface area contributed by atoms with Gasteiger partial charge in [-0.2, -0.15) is 0 Å². The van der Waals surface area contributed by atoms with Crippen molar-refractivity contribution in [3.05, 3.63) is 79.7 Å². The maximum absolute atomic E-state index is 12.7. The van der Waals surface area contributed by atoms with Crippen molar-refractivity contribution in [2.75, 3.05) is 0 Å². The molecule has 0 bridgehead atoms. The van der Waals surface area contributed by atoms with Gasteiger partial charge in [0.05, 0.1) is 12.1 Å². The minimum atomic E-state index is -0.955. The highest BCUT2D eigenvalue weighted by Crippen LogP contribution is 2.32. The molecule has 0 aliphatic heterocycles. The molecule has 154 valence electrons. The van der Waals surface area contributed by atoms with Crippen LogP contribution >= 0.6 is 11.3 Å². The third-order valence-electron chi connectivity index (χ3n) is 5.42. The number of benzene rings is 2. The first-order valence-electron chi connectivity index (χ1n) is 9.75. The molecule has 1 N–H and O–H groups in total. The van der Waals surface area contributed by atoms with Gasteiger partial charge < -0.3 is 5.11 Å². The zero-order valence-electron chi connectivity index (χ0n) is 17.9. The van der Waals surface area contributed by atoms with E-state index in [4.69, 9.17) is 10.1 Å². The van der Waals surface area contributed by atoms with Crippen LogP contribution in [0, 0.1) is 27.7 Å². The Hall–Kier alpha value is -3.05. The van der Waals surface area contributed by atoms with E-state index in [0.717, 1.165) is 26.7 Å². The SMILES string of the molecule is C/C(=C\c1ccc(C(=O)Cc2nc(-c3ccc(C)c(C)c3C)c(C)s2)cc1)C(=O)O. The van der Waals surface area contributed by atoms with Crippen LogP contribution in [0.15, 0.2) is 42.0 Å². The van der Waals surface area contributed by atoms with Crippen LogP contribution < -0.4 is 0 Å². The summed E-state index contributed by atoms with van der Waals surface area (Å²) in [6, 6.07) is 11.2. The Morgan fingerprint density at radius 3 is 2.30 bits per heavy atom. The maximum atomic E-state index is 12.7. The standard InChI is InChI=1S/C25H25NO3S/c1-14-6-11-21(17(4)16(14)3)24-18(5)30-23(26-24)13-22(27)20-9-7-19(8-10-20)12-15(2)25(28)29/h6-12H,13H2,1-5H3,(H,28,29)/b15-12+. The van der Waals surface area contributed by atoms with E-state index in [1.165, 1.54) is 16.7 Å². The molecule has 0 spiro atoms. The Labute approximate surface area is 180 Å². The summed E-state index contributed by atoms with van der Waals surface area (Å²) in [4.78, 5) is 29.6. The number of carboxylic acids is 1. The molecule has 0 saturated carbocycles. The Bertz CT molecular complexity index is 1150. The van der Waals surface area contributed by atoms with Crippen molar-refractivity contribution in [3.63, 3.8) is 0 Å². The lowest BCUT2D eigenvalue weighted by Gasteiger charge is -2.10. The lowest BCUT2D eigenvalue weighted by molar-refractivity contribution is -0.132. The molecule has 0 fully saturated rings. The van der Waals surface area contributed by atoms with Crippen molar-refractivity contribution in [1.82, 2.24) is 4.98 Å². The molecule has 4 nitrogen and oxygen atoms in total. The predicted octanol–water partition coefficient (Wildman–Crippen LogP) is 5.96. The summed E-state index contributed by atoms with van der Waals surface area (Å²) in [5, 5.41) is 9.78. The first-order chi connectivity index (χ1) is 14.2. The van der Waals surface area contributed by atoms with Crippen LogP contribution in [-0.2, 0) is 11.2 Å². The number of aliphatic carboxylic acids is 1. The zero-order valence-corrected chi connectivity index (χ0v) is 18.7. The summed E-state index contributed by atoms with van der Waals surface area (Å²) in [5.41, 5.74) is 7.42. The largest absolute Gasteiger partial charge is 0.478 e. The Morgan fingerprint density at radius 2 is 1.67 bits per heavy atom. The number of aryl methyl sites for hydroxylation is 2. The minimum absolute atomic E-state index is 0.00223. The Morgan fingerprint density at radius 1 is 1.00 bits per heavy atom. The van der Waals surface area contributed by atoms with E-state index in [2.05, 4.69) is 32.9 Å². The van der Waals surface area contributed by atoms with E-state index in [1.807, 2.05) is 6.92 Å². The molecule has 1 heterocycles. The van der Waals surface area contributed by atoms with E-state index in [-0.39, 0.29) is 17.8 Å². The maximum Gasteiger partial charge on any atom is 0.331 e. The van der Waals surface area contributed by atoms with Crippen LogP contribution in [0.1, 0.15) is 49.4 Å². The smallest absolute Gasteiger partial charge is 0.331 e. The molecule has 3 aromatic rings. The number of nitrogens with zero attached hydrogens (tertiary/aromatic N) is 1. The Balaban J connectivity index is 1.80. The predicted molar refractivity (Wildman–Crippen MR) is 122 cm³/mol. The molecule has 5 heteroatoms.